The molecular weight excluding hydrogens is 384 g/mol. The zero-order valence-corrected chi connectivity index (χ0v) is 18.0. The number of nitrogens with zero attached hydrogens (tertiary/aromatic N) is 2. The molecule has 2 aliphatic rings. The van der Waals surface area contributed by atoms with Gasteiger partial charge < -0.3 is 4.90 Å². The summed E-state index contributed by atoms with van der Waals surface area (Å²) in [6, 6.07) is 17.4. The molecule has 4 rings (SSSR count). The van der Waals surface area contributed by atoms with E-state index >= 15 is 0 Å². The van der Waals surface area contributed by atoms with Crippen molar-refractivity contribution in [2.24, 2.45) is 0 Å². The van der Waals surface area contributed by atoms with Gasteiger partial charge >= 0.3 is 0 Å². The molecule has 1 unspecified atom stereocenters. The molecule has 29 heavy (non-hydrogen) atoms. The highest BCUT2D eigenvalue weighted by Gasteiger charge is 2.50. The molecule has 0 aromatic heterocycles. The van der Waals surface area contributed by atoms with Crippen LogP contribution in [-0.4, -0.2) is 49.4 Å². The van der Waals surface area contributed by atoms with Crippen LogP contribution < -0.4 is 4.90 Å². The monoisotopic (exact) mass is 412 g/mol. The van der Waals surface area contributed by atoms with Crippen LogP contribution >= 0.6 is 0 Å². The summed E-state index contributed by atoms with van der Waals surface area (Å²) in [5.41, 5.74) is 3.09. The van der Waals surface area contributed by atoms with Crippen molar-refractivity contribution in [1.82, 2.24) is 4.90 Å². The molecule has 1 amide bonds. The minimum atomic E-state index is -3.20. The first kappa shape index (κ1) is 20.1. The summed E-state index contributed by atoms with van der Waals surface area (Å²) in [6.07, 6.45) is 0. The van der Waals surface area contributed by atoms with Gasteiger partial charge in [0.05, 0.1) is 24.1 Å². The molecule has 6 heteroatoms. The summed E-state index contributed by atoms with van der Waals surface area (Å²) < 4.78 is 25.1. The van der Waals surface area contributed by atoms with Crippen molar-refractivity contribution in [1.29, 1.82) is 0 Å². The molecule has 154 valence electrons. The first-order valence-electron chi connectivity index (χ1n) is 10.2. The number of hydrogen-bond donors (Lipinski definition) is 0. The normalized spacial score (nSPS) is 25.2. The van der Waals surface area contributed by atoms with Gasteiger partial charge in [-0.05, 0) is 36.1 Å². The van der Waals surface area contributed by atoms with Gasteiger partial charge in [-0.25, -0.2) is 8.42 Å². The number of fused-ring (bicyclic) bond motifs is 1. The van der Waals surface area contributed by atoms with Crippen molar-refractivity contribution in [3.63, 3.8) is 0 Å². The molecule has 2 saturated heterocycles. The Labute approximate surface area is 173 Å². The van der Waals surface area contributed by atoms with E-state index in [-0.39, 0.29) is 42.1 Å². The van der Waals surface area contributed by atoms with Gasteiger partial charge in [0.2, 0.25) is 5.91 Å². The molecule has 0 saturated carbocycles. The molecule has 5 nitrogen and oxygen atoms in total. The van der Waals surface area contributed by atoms with E-state index in [4.69, 9.17) is 0 Å². The van der Waals surface area contributed by atoms with Crippen molar-refractivity contribution >= 4 is 21.4 Å². The average molecular weight is 413 g/mol. The molecule has 3 atom stereocenters. The third kappa shape index (κ3) is 3.83. The summed E-state index contributed by atoms with van der Waals surface area (Å²) in [4.78, 5) is 17.0. The Balaban J connectivity index is 1.68. The number of hydrogen-bond acceptors (Lipinski definition) is 4. The van der Waals surface area contributed by atoms with Crippen LogP contribution in [0.3, 0.4) is 0 Å². The van der Waals surface area contributed by atoms with E-state index in [1.807, 2.05) is 54.6 Å². The van der Waals surface area contributed by atoms with E-state index in [0.29, 0.717) is 5.92 Å². The number of benzene rings is 2. The van der Waals surface area contributed by atoms with Crippen LogP contribution in [0.4, 0.5) is 5.69 Å². The number of rotatable bonds is 4. The SMILES string of the molecule is CC(C)c1ccc(N2C(=O)CN(C(C)c3ccccc3)[C@H]3CS(=O)(=O)C[C@H]32)cc1. The lowest BCUT2D eigenvalue weighted by molar-refractivity contribution is -0.124. The summed E-state index contributed by atoms with van der Waals surface area (Å²) in [5.74, 6) is 0.488. The Morgan fingerprint density at radius 1 is 0.862 bits per heavy atom. The third-order valence-corrected chi connectivity index (χ3v) is 7.95. The Hall–Kier alpha value is -2.18. The van der Waals surface area contributed by atoms with Crippen molar-refractivity contribution in [2.45, 2.75) is 44.8 Å². The smallest absolute Gasteiger partial charge is 0.241 e. The Bertz CT molecular complexity index is 987. The number of carbonyl (C=O) groups is 1. The zero-order valence-electron chi connectivity index (χ0n) is 17.2. The van der Waals surface area contributed by atoms with Gasteiger partial charge in [0.25, 0.3) is 0 Å². The van der Waals surface area contributed by atoms with E-state index in [1.165, 1.54) is 5.56 Å². The highest BCUT2D eigenvalue weighted by atomic mass is 32.2. The standard InChI is InChI=1S/C23H28N2O3S/c1-16(2)18-9-11-20(12-10-18)25-22-15-29(27,28)14-21(22)24(13-23(25)26)17(3)19-7-5-4-6-8-19/h4-12,16-17,21-22H,13-15H2,1-3H3/t17?,21-,22+/m0/s1. The Morgan fingerprint density at radius 3 is 2.10 bits per heavy atom. The van der Waals surface area contributed by atoms with Crippen LogP contribution in [0.25, 0.3) is 0 Å². The maximum absolute atomic E-state index is 13.2. The van der Waals surface area contributed by atoms with Gasteiger partial charge in [0.15, 0.2) is 9.84 Å². The van der Waals surface area contributed by atoms with Crippen molar-refractivity contribution in [3.8, 4) is 0 Å². The molecule has 0 spiro atoms. The van der Waals surface area contributed by atoms with Crippen molar-refractivity contribution in [3.05, 3.63) is 65.7 Å². The average Bonchev–Trinajstić information content (AvgIpc) is 3.02. The van der Waals surface area contributed by atoms with E-state index in [9.17, 15) is 13.2 Å². The minimum Gasteiger partial charge on any atom is -0.306 e. The van der Waals surface area contributed by atoms with E-state index < -0.39 is 9.84 Å². The second kappa shape index (κ2) is 7.58. The first-order valence-corrected chi connectivity index (χ1v) is 12.0. The van der Waals surface area contributed by atoms with Crippen LogP contribution in [0.15, 0.2) is 54.6 Å². The molecule has 2 aromatic rings. The maximum Gasteiger partial charge on any atom is 0.241 e. The fourth-order valence-corrected chi connectivity index (χ4v) is 6.57. The van der Waals surface area contributed by atoms with Gasteiger partial charge in [-0.1, -0.05) is 56.3 Å². The third-order valence-electron chi connectivity index (χ3n) is 6.26. The fraction of sp³-hybridized carbons (Fsp3) is 0.435. The highest BCUT2D eigenvalue weighted by Crippen LogP contribution is 2.36. The number of carbonyl (C=O) groups excluding carboxylic acids is 1. The van der Waals surface area contributed by atoms with E-state index in [1.54, 1.807) is 4.90 Å². The van der Waals surface area contributed by atoms with Crippen LogP contribution in [-0.2, 0) is 14.6 Å². The predicted molar refractivity (Wildman–Crippen MR) is 116 cm³/mol. The maximum atomic E-state index is 13.2. The largest absolute Gasteiger partial charge is 0.306 e. The molecule has 0 radical (unpaired) electrons. The van der Waals surface area contributed by atoms with E-state index in [0.717, 1.165) is 11.3 Å². The lowest BCUT2D eigenvalue weighted by atomic mass is 9.97. The Morgan fingerprint density at radius 2 is 1.48 bits per heavy atom. The lowest BCUT2D eigenvalue weighted by Crippen LogP contribution is -2.62. The first-order chi connectivity index (χ1) is 13.8. The molecule has 2 heterocycles. The molecule has 0 N–H and O–H groups in total. The lowest BCUT2D eigenvalue weighted by Gasteiger charge is -2.46. The molecule has 0 aliphatic carbocycles. The fourth-order valence-electron chi connectivity index (χ4n) is 4.61. The van der Waals surface area contributed by atoms with E-state index in [2.05, 4.69) is 25.7 Å². The molecule has 2 aromatic carbocycles. The van der Waals surface area contributed by atoms with Crippen LogP contribution in [0.5, 0.6) is 0 Å². The number of amides is 1. The molecule has 2 aliphatic heterocycles. The van der Waals surface area contributed by atoms with Gasteiger partial charge in [0.1, 0.15) is 0 Å². The summed E-state index contributed by atoms with van der Waals surface area (Å²) in [7, 11) is -3.20. The van der Waals surface area contributed by atoms with Crippen molar-refractivity contribution < 1.29 is 13.2 Å². The number of sulfone groups is 1. The van der Waals surface area contributed by atoms with Gasteiger partial charge in [-0.15, -0.1) is 0 Å². The minimum absolute atomic E-state index is 0.0212. The van der Waals surface area contributed by atoms with Gasteiger partial charge in [-0.2, -0.15) is 0 Å². The zero-order chi connectivity index (χ0) is 20.8. The van der Waals surface area contributed by atoms with Crippen LogP contribution in [0.1, 0.15) is 43.9 Å². The second-order valence-electron chi connectivity index (χ2n) is 8.48. The number of piperazine rings is 1. The quantitative estimate of drug-likeness (QED) is 0.772. The van der Waals surface area contributed by atoms with Crippen LogP contribution in [0.2, 0.25) is 0 Å². The second-order valence-corrected chi connectivity index (χ2v) is 10.6. The molecular formula is C23H28N2O3S. The topological polar surface area (TPSA) is 57.7 Å². The summed E-state index contributed by atoms with van der Waals surface area (Å²) in [6.45, 7) is 6.53. The Kier molecular flexibility index (Phi) is 5.25. The van der Waals surface area contributed by atoms with Gasteiger partial charge in [-0.3, -0.25) is 9.69 Å². The highest BCUT2D eigenvalue weighted by molar-refractivity contribution is 7.91. The summed E-state index contributed by atoms with van der Waals surface area (Å²) in [5, 5.41) is 0. The van der Waals surface area contributed by atoms with Crippen molar-refractivity contribution in [2.75, 3.05) is 23.0 Å². The van der Waals surface area contributed by atoms with Crippen LogP contribution in [0, 0.1) is 0 Å². The number of anilines is 1. The van der Waals surface area contributed by atoms with Gasteiger partial charge in [0, 0.05) is 17.8 Å². The molecule has 0 bridgehead atoms. The predicted octanol–water partition coefficient (Wildman–Crippen LogP) is 3.39. The molecule has 2 fully saturated rings. The summed E-state index contributed by atoms with van der Waals surface area (Å²) >= 11 is 0.